The first-order chi connectivity index (χ1) is 11.3. The summed E-state index contributed by atoms with van der Waals surface area (Å²) in [7, 11) is 1.72. The first kappa shape index (κ1) is 17.5. The van der Waals surface area contributed by atoms with Crippen LogP contribution in [0.5, 0.6) is 5.75 Å². The largest absolute Gasteiger partial charge is 0.496 e. The summed E-state index contributed by atoms with van der Waals surface area (Å²) in [5.41, 5.74) is 2.50. The first-order valence-electron chi connectivity index (χ1n) is 8.39. The molecule has 0 radical (unpaired) electrons. The fraction of sp³-hybridized carbons (Fsp3) is 0.400. The van der Waals surface area contributed by atoms with Gasteiger partial charge in [0.1, 0.15) is 5.75 Å². The third-order valence-corrected chi connectivity index (χ3v) is 4.08. The summed E-state index contributed by atoms with van der Waals surface area (Å²) in [5.74, 6) is 0.935. The quantitative estimate of drug-likeness (QED) is 0.736. The van der Waals surface area contributed by atoms with Crippen LogP contribution in [0.1, 0.15) is 37.4 Å². The molecule has 0 aliphatic carbocycles. The summed E-state index contributed by atoms with van der Waals surface area (Å²) in [6.45, 7) is 6.24. The zero-order chi connectivity index (χ0) is 16.5. The third kappa shape index (κ3) is 5.08. The van der Waals surface area contributed by atoms with Crippen molar-refractivity contribution in [1.82, 2.24) is 10.6 Å². The van der Waals surface area contributed by atoms with Gasteiger partial charge in [-0.05, 0) is 31.5 Å². The molecule has 0 bridgehead atoms. The van der Waals surface area contributed by atoms with Crippen molar-refractivity contribution >= 4 is 0 Å². The maximum Gasteiger partial charge on any atom is 0.123 e. The number of methoxy groups -OCH3 is 1. The zero-order valence-corrected chi connectivity index (χ0v) is 14.4. The van der Waals surface area contributed by atoms with Crippen LogP contribution >= 0.6 is 0 Å². The molecule has 2 atom stereocenters. The molecule has 2 aromatic rings. The van der Waals surface area contributed by atoms with E-state index in [1.807, 2.05) is 18.2 Å². The molecule has 0 spiro atoms. The molecule has 0 amide bonds. The van der Waals surface area contributed by atoms with Crippen LogP contribution in [0.4, 0.5) is 0 Å². The van der Waals surface area contributed by atoms with Crippen molar-refractivity contribution < 1.29 is 4.74 Å². The van der Waals surface area contributed by atoms with Gasteiger partial charge in [-0.3, -0.25) is 0 Å². The first-order valence-corrected chi connectivity index (χ1v) is 8.39. The lowest BCUT2D eigenvalue weighted by molar-refractivity contribution is 0.383. The molecule has 2 N–H and O–H groups in total. The van der Waals surface area contributed by atoms with E-state index in [-0.39, 0.29) is 0 Å². The molecule has 0 aliphatic rings. The monoisotopic (exact) mass is 312 g/mol. The molecule has 0 aromatic heterocycles. The minimum atomic E-state index is 0.297. The maximum absolute atomic E-state index is 5.43. The van der Waals surface area contributed by atoms with Crippen LogP contribution in [-0.4, -0.2) is 19.7 Å². The second-order valence-corrected chi connectivity index (χ2v) is 5.82. The number of para-hydroxylation sites is 1. The van der Waals surface area contributed by atoms with Crippen LogP contribution < -0.4 is 15.4 Å². The highest BCUT2D eigenvalue weighted by Crippen LogP contribution is 2.20. The van der Waals surface area contributed by atoms with Crippen molar-refractivity contribution in [3.8, 4) is 5.75 Å². The Kier molecular flexibility index (Phi) is 7.11. The predicted molar refractivity (Wildman–Crippen MR) is 96.8 cm³/mol. The van der Waals surface area contributed by atoms with Gasteiger partial charge in [0.15, 0.2) is 0 Å². The van der Waals surface area contributed by atoms with Crippen LogP contribution in [0.25, 0.3) is 0 Å². The van der Waals surface area contributed by atoms with E-state index in [1.54, 1.807) is 7.11 Å². The van der Waals surface area contributed by atoms with Gasteiger partial charge in [-0.1, -0.05) is 55.5 Å². The standard InChI is InChI=1S/C20H28N2O/c1-4-14-21-20(17-10-6-5-7-11-17)16(2)22-15-18-12-8-9-13-19(18)23-3/h5-13,16,20-22H,4,14-15H2,1-3H3. The van der Waals surface area contributed by atoms with E-state index in [0.29, 0.717) is 12.1 Å². The van der Waals surface area contributed by atoms with Gasteiger partial charge in [0, 0.05) is 24.2 Å². The minimum Gasteiger partial charge on any atom is -0.496 e. The van der Waals surface area contributed by atoms with Crippen molar-refractivity contribution in [2.24, 2.45) is 0 Å². The van der Waals surface area contributed by atoms with Crippen molar-refractivity contribution in [3.05, 3.63) is 65.7 Å². The van der Waals surface area contributed by atoms with E-state index < -0.39 is 0 Å². The molecule has 2 unspecified atom stereocenters. The Morgan fingerprint density at radius 1 is 0.957 bits per heavy atom. The van der Waals surface area contributed by atoms with Gasteiger partial charge in [-0.15, -0.1) is 0 Å². The minimum absolute atomic E-state index is 0.297. The van der Waals surface area contributed by atoms with Crippen LogP contribution in [0, 0.1) is 0 Å². The second kappa shape index (κ2) is 9.33. The van der Waals surface area contributed by atoms with Gasteiger partial charge in [0.25, 0.3) is 0 Å². The van der Waals surface area contributed by atoms with Gasteiger partial charge < -0.3 is 15.4 Å². The molecular formula is C20H28N2O. The lowest BCUT2D eigenvalue weighted by Gasteiger charge is -2.27. The number of rotatable bonds is 9. The highest BCUT2D eigenvalue weighted by molar-refractivity contribution is 5.33. The summed E-state index contributed by atoms with van der Waals surface area (Å²) < 4.78 is 5.43. The number of benzene rings is 2. The van der Waals surface area contributed by atoms with E-state index in [9.17, 15) is 0 Å². The van der Waals surface area contributed by atoms with Crippen molar-refractivity contribution in [2.45, 2.75) is 38.9 Å². The Hall–Kier alpha value is -1.84. The fourth-order valence-electron chi connectivity index (χ4n) is 2.78. The van der Waals surface area contributed by atoms with E-state index in [0.717, 1.165) is 25.3 Å². The fourth-order valence-corrected chi connectivity index (χ4v) is 2.78. The highest BCUT2D eigenvalue weighted by Gasteiger charge is 2.18. The number of hydrogen-bond donors (Lipinski definition) is 2. The Morgan fingerprint density at radius 2 is 1.65 bits per heavy atom. The van der Waals surface area contributed by atoms with Gasteiger partial charge in [-0.25, -0.2) is 0 Å². The molecule has 0 heterocycles. The van der Waals surface area contributed by atoms with Crippen LogP contribution in [0.15, 0.2) is 54.6 Å². The van der Waals surface area contributed by atoms with Crippen LogP contribution in [-0.2, 0) is 6.54 Å². The van der Waals surface area contributed by atoms with Crippen molar-refractivity contribution in [2.75, 3.05) is 13.7 Å². The lowest BCUT2D eigenvalue weighted by Crippen LogP contribution is -2.39. The number of ether oxygens (including phenoxy) is 1. The summed E-state index contributed by atoms with van der Waals surface area (Å²) in [6.07, 6.45) is 1.13. The molecule has 0 saturated carbocycles. The van der Waals surface area contributed by atoms with E-state index in [2.05, 4.69) is 60.9 Å². The average molecular weight is 312 g/mol. The Balaban J connectivity index is 2.04. The van der Waals surface area contributed by atoms with E-state index >= 15 is 0 Å². The molecule has 3 nitrogen and oxygen atoms in total. The summed E-state index contributed by atoms with van der Waals surface area (Å²) in [4.78, 5) is 0. The normalized spacial score (nSPS) is 13.5. The van der Waals surface area contributed by atoms with Gasteiger partial charge in [-0.2, -0.15) is 0 Å². The molecular weight excluding hydrogens is 284 g/mol. The Morgan fingerprint density at radius 3 is 2.35 bits per heavy atom. The Labute approximate surface area is 140 Å². The van der Waals surface area contributed by atoms with Crippen molar-refractivity contribution in [1.29, 1.82) is 0 Å². The predicted octanol–water partition coefficient (Wildman–Crippen LogP) is 3.91. The van der Waals surface area contributed by atoms with Crippen LogP contribution in [0.3, 0.4) is 0 Å². The van der Waals surface area contributed by atoms with Crippen molar-refractivity contribution in [3.63, 3.8) is 0 Å². The van der Waals surface area contributed by atoms with E-state index in [1.165, 1.54) is 11.1 Å². The summed E-state index contributed by atoms with van der Waals surface area (Å²) in [5, 5.41) is 7.30. The zero-order valence-electron chi connectivity index (χ0n) is 14.4. The number of nitrogens with one attached hydrogen (secondary N) is 2. The molecule has 0 aliphatic heterocycles. The van der Waals surface area contributed by atoms with E-state index in [4.69, 9.17) is 4.74 Å². The summed E-state index contributed by atoms with van der Waals surface area (Å²) >= 11 is 0. The Bertz CT molecular complexity index is 571. The molecule has 0 saturated heterocycles. The molecule has 0 fully saturated rings. The molecule has 23 heavy (non-hydrogen) atoms. The molecule has 124 valence electrons. The lowest BCUT2D eigenvalue weighted by atomic mass is 10.00. The summed E-state index contributed by atoms with van der Waals surface area (Å²) in [6, 6.07) is 19.4. The topological polar surface area (TPSA) is 33.3 Å². The average Bonchev–Trinajstić information content (AvgIpc) is 2.61. The van der Waals surface area contributed by atoms with Gasteiger partial charge in [0.2, 0.25) is 0 Å². The SMILES string of the molecule is CCCNC(c1ccccc1)C(C)NCc1ccccc1OC. The molecule has 2 rings (SSSR count). The molecule has 2 aromatic carbocycles. The maximum atomic E-state index is 5.43. The van der Waals surface area contributed by atoms with Gasteiger partial charge in [0.05, 0.1) is 7.11 Å². The number of hydrogen-bond acceptors (Lipinski definition) is 3. The second-order valence-electron chi connectivity index (χ2n) is 5.82. The smallest absolute Gasteiger partial charge is 0.123 e. The molecule has 3 heteroatoms. The van der Waals surface area contributed by atoms with Gasteiger partial charge >= 0.3 is 0 Å². The third-order valence-electron chi connectivity index (χ3n) is 4.08. The highest BCUT2D eigenvalue weighted by atomic mass is 16.5. The van der Waals surface area contributed by atoms with Crippen LogP contribution in [0.2, 0.25) is 0 Å².